The third-order valence-corrected chi connectivity index (χ3v) is 6.32. The molecule has 2 bridgehead atoms. The minimum Gasteiger partial charge on any atom is -0.347 e. The van der Waals surface area contributed by atoms with Crippen molar-refractivity contribution in [2.75, 3.05) is 0 Å². The molecule has 20 heavy (non-hydrogen) atoms. The van der Waals surface area contributed by atoms with Crippen LogP contribution in [-0.2, 0) is 4.79 Å². The number of carbonyl (C=O) groups is 1. The molecule has 0 unspecified atom stereocenters. The number of hydrogen-bond donors (Lipinski definition) is 1. The van der Waals surface area contributed by atoms with Gasteiger partial charge in [0.05, 0.1) is 6.04 Å². The summed E-state index contributed by atoms with van der Waals surface area (Å²) in [7, 11) is 0. The van der Waals surface area contributed by atoms with Gasteiger partial charge in [0.25, 0.3) is 0 Å². The van der Waals surface area contributed by atoms with Crippen LogP contribution in [-0.4, -0.2) is 10.9 Å². The van der Waals surface area contributed by atoms with Crippen LogP contribution in [0.5, 0.6) is 0 Å². The molecular weight excluding hydrogens is 268 g/mol. The monoisotopic (exact) mass is 290 g/mol. The van der Waals surface area contributed by atoms with Crippen molar-refractivity contribution in [2.24, 2.45) is 23.7 Å². The Hall–Kier alpha value is -0.900. The Morgan fingerprint density at radius 3 is 2.85 bits per heavy atom. The lowest BCUT2D eigenvalue weighted by Crippen LogP contribution is -2.32. The molecule has 4 heteroatoms. The van der Waals surface area contributed by atoms with Gasteiger partial charge in [0.1, 0.15) is 5.01 Å². The van der Waals surface area contributed by atoms with Crippen molar-refractivity contribution in [3.63, 3.8) is 0 Å². The first-order chi connectivity index (χ1) is 9.79. The van der Waals surface area contributed by atoms with Gasteiger partial charge in [-0.05, 0) is 55.8 Å². The molecule has 3 aliphatic rings. The third kappa shape index (κ3) is 2.50. The Bertz CT molecular complexity index is 483. The first-order valence-electron chi connectivity index (χ1n) is 7.98. The van der Waals surface area contributed by atoms with Gasteiger partial charge in [-0.25, -0.2) is 4.98 Å². The van der Waals surface area contributed by atoms with Crippen LogP contribution >= 0.6 is 11.3 Å². The average Bonchev–Trinajstić information content (AvgIpc) is 2.88. The van der Waals surface area contributed by atoms with Crippen LogP contribution in [0.2, 0.25) is 0 Å². The fourth-order valence-electron chi connectivity index (χ4n) is 4.30. The normalized spacial score (nSPS) is 33.3. The summed E-state index contributed by atoms with van der Waals surface area (Å²) >= 11 is 1.67. The highest BCUT2D eigenvalue weighted by molar-refractivity contribution is 7.09. The van der Waals surface area contributed by atoms with Crippen molar-refractivity contribution < 1.29 is 4.79 Å². The summed E-state index contributed by atoms with van der Waals surface area (Å²) in [4.78, 5) is 16.8. The molecule has 0 aliphatic heterocycles. The van der Waals surface area contributed by atoms with Crippen molar-refractivity contribution in [1.29, 1.82) is 0 Å². The highest BCUT2D eigenvalue weighted by Gasteiger charge is 2.41. The second kappa shape index (κ2) is 5.14. The Morgan fingerprint density at radius 1 is 1.35 bits per heavy atom. The lowest BCUT2D eigenvalue weighted by atomic mass is 9.86. The van der Waals surface area contributed by atoms with E-state index in [4.69, 9.17) is 0 Å². The van der Waals surface area contributed by atoms with Gasteiger partial charge < -0.3 is 5.32 Å². The van der Waals surface area contributed by atoms with Gasteiger partial charge in [-0.3, -0.25) is 4.79 Å². The second-order valence-corrected chi connectivity index (χ2v) is 7.82. The van der Waals surface area contributed by atoms with E-state index in [1.54, 1.807) is 11.3 Å². The number of nitrogens with zero attached hydrogens (tertiary/aromatic N) is 1. The third-order valence-electron chi connectivity index (χ3n) is 5.46. The van der Waals surface area contributed by atoms with Crippen LogP contribution in [0.25, 0.3) is 0 Å². The van der Waals surface area contributed by atoms with Gasteiger partial charge in [-0.2, -0.15) is 0 Å². The van der Waals surface area contributed by atoms with E-state index < -0.39 is 0 Å². The van der Waals surface area contributed by atoms with Gasteiger partial charge in [0.2, 0.25) is 5.91 Å². The number of amides is 1. The molecule has 1 amide bonds. The number of thiazole rings is 1. The Labute approximate surface area is 124 Å². The quantitative estimate of drug-likeness (QED) is 0.901. The highest BCUT2D eigenvalue weighted by atomic mass is 32.1. The number of rotatable bonds is 5. The molecule has 3 aliphatic carbocycles. The van der Waals surface area contributed by atoms with Gasteiger partial charge in [-0.15, -0.1) is 11.3 Å². The largest absolute Gasteiger partial charge is 0.347 e. The Morgan fingerprint density at radius 2 is 2.25 bits per heavy atom. The molecule has 1 heterocycles. The molecule has 0 aromatic carbocycles. The fourth-order valence-corrected chi connectivity index (χ4v) is 5.08. The van der Waals surface area contributed by atoms with Gasteiger partial charge in [0, 0.05) is 18.0 Å². The summed E-state index contributed by atoms with van der Waals surface area (Å²) in [5.41, 5.74) is 0. The van der Waals surface area contributed by atoms with Crippen molar-refractivity contribution in [3.05, 3.63) is 16.6 Å². The average molecular weight is 290 g/mol. The number of hydrogen-bond acceptors (Lipinski definition) is 3. The van der Waals surface area contributed by atoms with E-state index in [1.165, 1.54) is 38.5 Å². The summed E-state index contributed by atoms with van der Waals surface area (Å²) in [5, 5.41) is 6.37. The van der Waals surface area contributed by atoms with E-state index in [-0.39, 0.29) is 11.9 Å². The zero-order valence-corrected chi connectivity index (χ0v) is 12.6. The van der Waals surface area contributed by atoms with Crippen LogP contribution in [0.4, 0.5) is 0 Å². The Kier molecular flexibility index (Phi) is 3.29. The molecule has 0 radical (unpaired) electrons. The maximum Gasteiger partial charge on any atom is 0.220 e. The summed E-state index contributed by atoms with van der Waals surface area (Å²) in [6, 6.07) is 0.182. The van der Waals surface area contributed by atoms with Crippen LogP contribution in [0.15, 0.2) is 11.6 Å². The van der Waals surface area contributed by atoms with Crippen molar-refractivity contribution in [2.45, 2.75) is 51.0 Å². The zero-order chi connectivity index (χ0) is 13.5. The van der Waals surface area contributed by atoms with E-state index in [0.29, 0.717) is 11.8 Å². The molecule has 3 fully saturated rings. The smallest absolute Gasteiger partial charge is 0.220 e. The first-order valence-corrected chi connectivity index (χ1v) is 8.86. The summed E-state index contributed by atoms with van der Waals surface area (Å²) in [6.45, 7) is 0. The number of fused-ring (bicyclic) bond motifs is 2. The molecule has 4 atom stereocenters. The number of aromatic nitrogens is 1. The van der Waals surface area contributed by atoms with E-state index in [2.05, 4.69) is 10.3 Å². The first kappa shape index (κ1) is 12.8. The van der Waals surface area contributed by atoms with Gasteiger partial charge >= 0.3 is 0 Å². The molecule has 108 valence electrons. The lowest BCUT2D eigenvalue weighted by molar-refractivity contribution is -0.123. The molecule has 1 aromatic heterocycles. The summed E-state index contributed by atoms with van der Waals surface area (Å²) in [6.07, 6.45) is 10.5. The molecule has 0 saturated heterocycles. The SMILES string of the molecule is O=C(C[C@H]1C[C@H]2CC[C@H]1C2)N[C@H](c1nccs1)C1CC1. The maximum atomic E-state index is 12.4. The summed E-state index contributed by atoms with van der Waals surface area (Å²) < 4.78 is 0. The molecule has 3 saturated carbocycles. The molecule has 1 aromatic rings. The molecular formula is C16H22N2OS. The van der Waals surface area contributed by atoms with E-state index in [1.807, 2.05) is 11.6 Å². The van der Waals surface area contributed by atoms with Crippen molar-refractivity contribution in [3.8, 4) is 0 Å². The maximum absolute atomic E-state index is 12.4. The fraction of sp³-hybridized carbons (Fsp3) is 0.750. The van der Waals surface area contributed by atoms with Crippen LogP contribution in [0.1, 0.15) is 56.0 Å². The van der Waals surface area contributed by atoms with E-state index in [0.717, 1.165) is 23.3 Å². The van der Waals surface area contributed by atoms with Crippen molar-refractivity contribution in [1.82, 2.24) is 10.3 Å². The predicted molar refractivity (Wildman–Crippen MR) is 79.3 cm³/mol. The molecule has 3 nitrogen and oxygen atoms in total. The summed E-state index contributed by atoms with van der Waals surface area (Å²) in [5.74, 6) is 3.31. The van der Waals surface area contributed by atoms with Crippen molar-refractivity contribution >= 4 is 17.2 Å². The van der Waals surface area contributed by atoms with Crippen LogP contribution in [0, 0.1) is 23.7 Å². The van der Waals surface area contributed by atoms with E-state index in [9.17, 15) is 4.79 Å². The number of carbonyl (C=O) groups excluding carboxylic acids is 1. The van der Waals surface area contributed by atoms with Gasteiger partial charge in [-0.1, -0.05) is 6.42 Å². The minimum absolute atomic E-state index is 0.182. The minimum atomic E-state index is 0.182. The lowest BCUT2D eigenvalue weighted by Gasteiger charge is -2.22. The predicted octanol–water partition coefficient (Wildman–Crippen LogP) is 3.54. The molecule has 0 spiro atoms. The van der Waals surface area contributed by atoms with Gasteiger partial charge in [0.15, 0.2) is 0 Å². The highest BCUT2D eigenvalue weighted by Crippen LogP contribution is 2.49. The Balaban J connectivity index is 1.36. The number of nitrogens with one attached hydrogen (secondary N) is 1. The topological polar surface area (TPSA) is 42.0 Å². The standard InChI is InChI=1S/C16H22N2OS/c19-14(9-13-8-10-1-2-12(13)7-10)18-15(11-3-4-11)16-17-5-6-20-16/h5-6,10-13,15H,1-4,7-9H2,(H,18,19)/t10-,12-,13+,15-/m0/s1. The molecule has 4 rings (SSSR count). The second-order valence-electron chi connectivity index (χ2n) is 6.89. The zero-order valence-electron chi connectivity index (χ0n) is 11.8. The van der Waals surface area contributed by atoms with E-state index >= 15 is 0 Å². The molecule has 1 N–H and O–H groups in total. The van der Waals surface area contributed by atoms with Crippen LogP contribution < -0.4 is 5.32 Å². The van der Waals surface area contributed by atoms with Crippen LogP contribution in [0.3, 0.4) is 0 Å².